The van der Waals surface area contributed by atoms with Crippen molar-refractivity contribution in [1.82, 2.24) is 14.9 Å². The number of carbonyl (C=O) groups excluding carboxylic acids is 1. The number of amides is 1. The molecule has 1 aliphatic heterocycles. The van der Waals surface area contributed by atoms with Gasteiger partial charge in [-0.3, -0.25) is 4.79 Å². The molecule has 148 valence electrons. The lowest BCUT2D eigenvalue weighted by atomic mass is 9.97. The minimum atomic E-state index is -4.12. The Bertz CT molecular complexity index is 725. The maximum Gasteiger partial charge on any atom is 0.246 e. The van der Waals surface area contributed by atoms with Crippen LogP contribution in [0.15, 0.2) is 23.1 Å². The van der Waals surface area contributed by atoms with Gasteiger partial charge in [0.2, 0.25) is 15.9 Å². The smallest absolute Gasteiger partial charge is 0.246 e. The van der Waals surface area contributed by atoms with Gasteiger partial charge >= 0.3 is 0 Å². The molecule has 0 saturated carbocycles. The number of nitrogens with one attached hydrogen (secondary N) is 2. The highest BCUT2D eigenvalue weighted by molar-refractivity contribution is 7.89. The Morgan fingerprint density at radius 1 is 1.31 bits per heavy atom. The van der Waals surface area contributed by atoms with E-state index in [1.165, 1.54) is 0 Å². The van der Waals surface area contributed by atoms with Crippen LogP contribution in [0.2, 0.25) is 0 Å². The van der Waals surface area contributed by atoms with Crippen molar-refractivity contribution < 1.29 is 22.0 Å². The average molecular weight is 412 g/mol. The minimum Gasteiger partial charge on any atom is -0.354 e. The number of benzene rings is 1. The molecule has 1 saturated heterocycles. The van der Waals surface area contributed by atoms with E-state index in [1.54, 1.807) is 7.05 Å². The third kappa shape index (κ3) is 5.35. The Hall–Kier alpha value is -1.29. The first-order chi connectivity index (χ1) is 11.8. The van der Waals surface area contributed by atoms with E-state index in [2.05, 4.69) is 10.6 Å². The van der Waals surface area contributed by atoms with Gasteiger partial charge < -0.3 is 10.6 Å². The molecule has 6 nitrogen and oxygen atoms in total. The van der Waals surface area contributed by atoms with Crippen molar-refractivity contribution in [2.75, 3.05) is 26.7 Å². The first kappa shape index (κ1) is 22.8. The Morgan fingerprint density at radius 2 is 1.92 bits per heavy atom. The van der Waals surface area contributed by atoms with Gasteiger partial charge in [0.1, 0.15) is 16.5 Å². The van der Waals surface area contributed by atoms with Crippen molar-refractivity contribution in [2.45, 2.75) is 30.7 Å². The van der Waals surface area contributed by atoms with Crippen molar-refractivity contribution in [3.63, 3.8) is 0 Å². The molecular formula is C16H24ClF2N3O3S. The topological polar surface area (TPSA) is 78.5 Å². The maximum absolute atomic E-state index is 13.8. The molecule has 0 radical (unpaired) electrons. The molecular weight excluding hydrogens is 388 g/mol. The Morgan fingerprint density at radius 3 is 2.50 bits per heavy atom. The van der Waals surface area contributed by atoms with Crippen LogP contribution >= 0.6 is 12.4 Å². The van der Waals surface area contributed by atoms with Crippen LogP contribution in [0.25, 0.3) is 0 Å². The van der Waals surface area contributed by atoms with Crippen LogP contribution < -0.4 is 10.6 Å². The summed E-state index contributed by atoms with van der Waals surface area (Å²) in [5.41, 5.74) is 0. The van der Waals surface area contributed by atoms with Crippen LogP contribution in [0.3, 0.4) is 0 Å². The quantitative estimate of drug-likeness (QED) is 0.743. The lowest BCUT2D eigenvalue weighted by Gasteiger charge is -2.30. The van der Waals surface area contributed by atoms with Crippen LogP contribution in [0.4, 0.5) is 8.78 Å². The summed E-state index contributed by atoms with van der Waals surface area (Å²) in [7, 11) is -2.32. The Labute approximate surface area is 158 Å². The number of rotatable bonds is 6. The summed E-state index contributed by atoms with van der Waals surface area (Å²) in [6, 6.07) is 2.49. The molecule has 26 heavy (non-hydrogen) atoms. The van der Waals surface area contributed by atoms with E-state index in [4.69, 9.17) is 0 Å². The molecule has 2 N–H and O–H groups in total. The summed E-state index contributed by atoms with van der Waals surface area (Å²) >= 11 is 0. The average Bonchev–Trinajstić information content (AvgIpc) is 2.61. The molecule has 1 aliphatic rings. The molecule has 0 aliphatic carbocycles. The maximum atomic E-state index is 13.8. The third-order valence-electron chi connectivity index (χ3n) is 4.41. The van der Waals surface area contributed by atoms with Gasteiger partial charge in [0, 0.05) is 31.6 Å². The molecule has 1 unspecified atom stereocenters. The number of nitrogens with zero attached hydrogens (tertiary/aromatic N) is 1. The molecule has 1 amide bonds. The van der Waals surface area contributed by atoms with E-state index in [0.29, 0.717) is 25.5 Å². The van der Waals surface area contributed by atoms with E-state index in [0.717, 1.165) is 16.4 Å². The van der Waals surface area contributed by atoms with Crippen LogP contribution in [0.1, 0.15) is 19.8 Å². The number of sulfonamides is 1. The monoisotopic (exact) mass is 411 g/mol. The molecule has 10 heteroatoms. The fourth-order valence-electron chi connectivity index (χ4n) is 2.67. The first-order valence-corrected chi connectivity index (χ1v) is 9.60. The van der Waals surface area contributed by atoms with Gasteiger partial charge in [-0.05, 0) is 45.0 Å². The number of piperidine rings is 1. The van der Waals surface area contributed by atoms with Gasteiger partial charge in [0.25, 0.3) is 0 Å². The van der Waals surface area contributed by atoms with Crippen molar-refractivity contribution in [3.8, 4) is 0 Å². The Kier molecular flexibility index (Phi) is 8.39. The predicted molar refractivity (Wildman–Crippen MR) is 96.6 cm³/mol. The zero-order valence-electron chi connectivity index (χ0n) is 14.7. The number of carbonyl (C=O) groups is 1. The predicted octanol–water partition coefficient (Wildman–Crippen LogP) is 1.51. The first-order valence-electron chi connectivity index (χ1n) is 8.16. The van der Waals surface area contributed by atoms with Crippen molar-refractivity contribution in [3.05, 3.63) is 29.8 Å². The Balaban J connectivity index is 0.00000338. The highest BCUT2D eigenvalue weighted by atomic mass is 35.5. The molecule has 1 heterocycles. The van der Waals surface area contributed by atoms with Crippen LogP contribution in [0.5, 0.6) is 0 Å². The van der Waals surface area contributed by atoms with Gasteiger partial charge in [-0.15, -0.1) is 12.4 Å². The molecule has 1 atom stereocenters. The number of likely N-dealkylation sites (N-methyl/N-ethyl adjacent to an activating group) is 1. The van der Waals surface area contributed by atoms with Crippen LogP contribution in [-0.4, -0.2) is 51.4 Å². The van der Waals surface area contributed by atoms with Gasteiger partial charge in [0.15, 0.2) is 0 Å². The summed E-state index contributed by atoms with van der Waals surface area (Å²) < 4.78 is 53.2. The molecule has 2 rings (SSSR count). The third-order valence-corrected chi connectivity index (χ3v) is 6.32. The highest BCUT2D eigenvalue weighted by Crippen LogP contribution is 2.26. The molecule has 1 aromatic rings. The SMILES string of the molecule is CNC(C)CNC(=O)C1CCN(S(=O)(=O)c2cc(F)ccc2F)CC1.Cl. The van der Waals surface area contributed by atoms with E-state index < -0.39 is 26.6 Å². The number of halogens is 3. The lowest BCUT2D eigenvalue weighted by Crippen LogP contribution is -2.45. The van der Waals surface area contributed by atoms with E-state index in [-0.39, 0.29) is 43.4 Å². The van der Waals surface area contributed by atoms with Crippen LogP contribution in [0, 0.1) is 17.6 Å². The standard InChI is InChI=1S/C16H23F2N3O3S.ClH/c1-11(19-2)10-20-16(22)12-5-7-21(8-6-12)25(23,24)15-9-13(17)3-4-14(15)18;/h3-4,9,11-12,19H,5-8,10H2,1-2H3,(H,20,22);1H. The normalized spacial score (nSPS) is 17.4. The highest BCUT2D eigenvalue weighted by Gasteiger charge is 2.33. The number of hydrogen-bond donors (Lipinski definition) is 2. The summed E-state index contributed by atoms with van der Waals surface area (Å²) in [6.45, 7) is 2.61. The summed E-state index contributed by atoms with van der Waals surface area (Å²) in [6.07, 6.45) is 0.686. The van der Waals surface area contributed by atoms with E-state index in [1.807, 2.05) is 6.92 Å². The zero-order valence-corrected chi connectivity index (χ0v) is 16.3. The van der Waals surface area contributed by atoms with Crippen molar-refractivity contribution in [1.29, 1.82) is 0 Å². The lowest BCUT2D eigenvalue weighted by molar-refractivity contribution is -0.126. The summed E-state index contributed by atoms with van der Waals surface area (Å²) in [5, 5.41) is 5.84. The van der Waals surface area contributed by atoms with E-state index >= 15 is 0 Å². The fourth-order valence-corrected chi connectivity index (χ4v) is 4.22. The van der Waals surface area contributed by atoms with Crippen molar-refractivity contribution >= 4 is 28.3 Å². The summed E-state index contributed by atoms with van der Waals surface area (Å²) in [5.74, 6) is -2.20. The molecule has 1 aromatic carbocycles. The van der Waals surface area contributed by atoms with Crippen molar-refractivity contribution in [2.24, 2.45) is 5.92 Å². The number of hydrogen-bond acceptors (Lipinski definition) is 4. The largest absolute Gasteiger partial charge is 0.354 e. The fraction of sp³-hybridized carbons (Fsp3) is 0.562. The summed E-state index contributed by atoms with van der Waals surface area (Å²) in [4.78, 5) is 11.5. The van der Waals surface area contributed by atoms with Gasteiger partial charge in [-0.25, -0.2) is 17.2 Å². The van der Waals surface area contributed by atoms with Gasteiger partial charge in [-0.1, -0.05) is 0 Å². The molecule has 0 spiro atoms. The van der Waals surface area contributed by atoms with Gasteiger partial charge in [0.05, 0.1) is 0 Å². The molecule has 0 aromatic heterocycles. The second-order valence-electron chi connectivity index (χ2n) is 6.19. The van der Waals surface area contributed by atoms with E-state index in [9.17, 15) is 22.0 Å². The second-order valence-corrected chi connectivity index (χ2v) is 8.09. The van der Waals surface area contributed by atoms with Gasteiger partial charge in [-0.2, -0.15) is 4.31 Å². The molecule has 0 bridgehead atoms. The zero-order chi connectivity index (χ0) is 18.6. The molecule has 1 fully saturated rings. The second kappa shape index (κ2) is 9.59. The minimum absolute atomic E-state index is 0. The van der Waals surface area contributed by atoms with Crippen LogP contribution in [-0.2, 0) is 14.8 Å².